The van der Waals surface area contributed by atoms with Crippen LogP contribution in [0.3, 0.4) is 0 Å². The van der Waals surface area contributed by atoms with Crippen LogP contribution in [0.4, 0.5) is 0 Å². The van der Waals surface area contributed by atoms with E-state index < -0.39 is 0 Å². The van der Waals surface area contributed by atoms with Crippen LogP contribution in [0.5, 0.6) is 0 Å². The second-order valence-electron chi connectivity index (χ2n) is 4.65. The molecule has 1 aromatic heterocycles. The summed E-state index contributed by atoms with van der Waals surface area (Å²) in [4.78, 5) is 4.27. The Hall–Kier alpha value is -0.940. The fourth-order valence-corrected chi connectivity index (χ4v) is 2.18. The molecule has 1 heterocycles. The maximum atomic E-state index is 6.00. The van der Waals surface area contributed by atoms with Gasteiger partial charge in [0.25, 0.3) is 5.89 Å². The third-order valence-corrected chi connectivity index (χ3v) is 3.16. The lowest BCUT2D eigenvalue weighted by molar-refractivity contribution is -0.00707. The highest BCUT2D eigenvalue weighted by Crippen LogP contribution is 2.20. The van der Waals surface area contributed by atoms with Gasteiger partial charge in [-0.3, -0.25) is 0 Å². The molecule has 96 valence electrons. The Kier molecular flexibility index (Phi) is 4.50. The van der Waals surface area contributed by atoms with Crippen LogP contribution in [0.25, 0.3) is 0 Å². The minimum Gasteiger partial charge on any atom is -0.367 e. The van der Waals surface area contributed by atoms with E-state index in [1.165, 1.54) is 12.8 Å². The number of nitrogens with two attached hydrogens (primary N) is 1. The smallest absolute Gasteiger partial charge is 0.252 e. The van der Waals surface area contributed by atoms with E-state index in [0.29, 0.717) is 12.5 Å². The van der Waals surface area contributed by atoms with Crippen molar-refractivity contribution in [1.29, 1.82) is 0 Å². The summed E-state index contributed by atoms with van der Waals surface area (Å²) in [6, 6.07) is 0.154. The van der Waals surface area contributed by atoms with Gasteiger partial charge in [-0.05, 0) is 19.3 Å². The molecule has 1 aromatic rings. The van der Waals surface area contributed by atoms with E-state index >= 15 is 0 Å². The molecule has 0 amide bonds. The highest BCUT2D eigenvalue weighted by atomic mass is 16.5. The fourth-order valence-electron chi connectivity index (χ4n) is 2.18. The quantitative estimate of drug-likeness (QED) is 0.848. The SMILES string of the molecule is CCCc1noc(COC2CCCCC2N)n1. The topological polar surface area (TPSA) is 74.2 Å². The van der Waals surface area contributed by atoms with Crippen molar-refractivity contribution in [1.82, 2.24) is 10.1 Å². The zero-order valence-electron chi connectivity index (χ0n) is 10.4. The molecule has 1 fully saturated rings. The van der Waals surface area contributed by atoms with Gasteiger partial charge in [0.2, 0.25) is 0 Å². The van der Waals surface area contributed by atoms with Gasteiger partial charge in [0.15, 0.2) is 5.82 Å². The molecule has 1 aliphatic rings. The van der Waals surface area contributed by atoms with E-state index in [2.05, 4.69) is 17.1 Å². The Morgan fingerprint density at radius 2 is 2.24 bits per heavy atom. The van der Waals surface area contributed by atoms with E-state index in [1.807, 2.05) is 0 Å². The number of hydrogen-bond acceptors (Lipinski definition) is 5. The number of nitrogens with zero attached hydrogens (tertiary/aromatic N) is 2. The first-order valence-electron chi connectivity index (χ1n) is 6.48. The molecule has 2 rings (SSSR count). The first-order chi connectivity index (χ1) is 8.29. The van der Waals surface area contributed by atoms with Crippen LogP contribution in [-0.2, 0) is 17.8 Å². The van der Waals surface area contributed by atoms with Crippen molar-refractivity contribution in [2.45, 2.75) is 64.2 Å². The number of aromatic nitrogens is 2. The third kappa shape index (κ3) is 3.51. The summed E-state index contributed by atoms with van der Waals surface area (Å²) in [6.07, 6.45) is 6.52. The van der Waals surface area contributed by atoms with Crippen molar-refractivity contribution >= 4 is 0 Å². The Morgan fingerprint density at radius 3 is 3.00 bits per heavy atom. The summed E-state index contributed by atoms with van der Waals surface area (Å²) in [5.41, 5.74) is 6.00. The van der Waals surface area contributed by atoms with Gasteiger partial charge in [-0.25, -0.2) is 0 Å². The van der Waals surface area contributed by atoms with E-state index in [0.717, 1.165) is 31.5 Å². The standard InChI is InChI=1S/C12H21N3O2/c1-2-5-11-14-12(17-15-11)8-16-10-7-4-3-6-9(10)13/h9-10H,2-8,13H2,1H3. The summed E-state index contributed by atoms with van der Waals surface area (Å²) in [5, 5.41) is 3.89. The maximum absolute atomic E-state index is 6.00. The monoisotopic (exact) mass is 239 g/mol. The zero-order chi connectivity index (χ0) is 12.1. The van der Waals surface area contributed by atoms with E-state index in [9.17, 15) is 0 Å². The van der Waals surface area contributed by atoms with Crippen molar-refractivity contribution in [3.05, 3.63) is 11.7 Å². The van der Waals surface area contributed by atoms with Crippen LogP contribution >= 0.6 is 0 Å². The molecule has 0 aromatic carbocycles. The lowest BCUT2D eigenvalue weighted by Crippen LogP contribution is -2.39. The highest BCUT2D eigenvalue weighted by Gasteiger charge is 2.23. The fraction of sp³-hybridized carbons (Fsp3) is 0.833. The number of ether oxygens (including phenoxy) is 1. The minimum atomic E-state index is 0.144. The van der Waals surface area contributed by atoms with Crippen molar-refractivity contribution in [3.8, 4) is 0 Å². The molecular formula is C12H21N3O2. The van der Waals surface area contributed by atoms with E-state index in [-0.39, 0.29) is 12.1 Å². The van der Waals surface area contributed by atoms with Gasteiger partial charge >= 0.3 is 0 Å². The zero-order valence-corrected chi connectivity index (χ0v) is 10.4. The van der Waals surface area contributed by atoms with Gasteiger partial charge in [0, 0.05) is 12.5 Å². The minimum absolute atomic E-state index is 0.144. The summed E-state index contributed by atoms with van der Waals surface area (Å²) >= 11 is 0. The number of hydrogen-bond donors (Lipinski definition) is 1. The normalized spacial score (nSPS) is 25.1. The molecule has 5 nitrogen and oxygen atoms in total. The van der Waals surface area contributed by atoms with Crippen LogP contribution in [0, 0.1) is 0 Å². The van der Waals surface area contributed by atoms with Crippen LogP contribution in [-0.4, -0.2) is 22.3 Å². The molecule has 0 spiro atoms. The predicted molar refractivity (Wildman–Crippen MR) is 63.3 cm³/mol. The van der Waals surface area contributed by atoms with Gasteiger partial charge in [-0.15, -0.1) is 0 Å². The second-order valence-corrected chi connectivity index (χ2v) is 4.65. The van der Waals surface area contributed by atoms with Crippen molar-refractivity contribution in [3.63, 3.8) is 0 Å². The van der Waals surface area contributed by atoms with Crippen molar-refractivity contribution < 1.29 is 9.26 Å². The van der Waals surface area contributed by atoms with Crippen LogP contribution in [0.1, 0.15) is 50.7 Å². The molecule has 2 N–H and O–H groups in total. The van der Waals surface area contributed by atoms with E-state index in [1.54, 1.807) is 0 Å². The van der Waals surface area contributed by atoms with Gasteiger partial charge in [-0.1, -0.05) is 24.9 Å². The largest absolute Gasteiger partial charge is 0.367 e. The summed E-state index contributed by atoms with van der Waals surface area (Å²) < 4.78 is 10.9. The predicted octanol–water partition coefficient (Wildman–Crippen LogP) is 1.81. The lowest BCUT2D eigenvalue weighted by atomic mass is 9.93. The molecule has 0 bridgehead atoms. The average Bonchev–Trinajstić information content (AvgIpc) is 2.76. The Bertz CT molecular complexity index is 340. The van der Waals surface area contributed by atoms with Crippen molar-refractivity contribution in [2.24, 2.45) is 5.73 Å². The van der Waals surface area contributed by atoms with Gasteiger partial charge in [0.05, 0.1) is 6.10 Å². The van der Waals surface area contributed by atoms with Crippen LogP contribution < -0.4 is 5.73 Å². The van der Waals surface area contributed by atoms with Crippen LogP contribution in [0.2, 0.25) is 0 Å². The first kappa shape index (κ1) is 12.5. The van der Waals surface area contributed by atoms with E-state index in [4.69, 9.17) is 15.0 Å². The molecule has 1 aliphatic carbocycles. The average molecular weight is 239 g/mol. The number of rotatable bonds is 5. The maximum Gasteiger partial charge on any atom is 0.252 e. The summed E-state index contributed by atoms with van der Waals surface area (Å²) in [6.45, 7) is 2.47. The molecule has 17 heavy (non-hydrogen) atoms. The molecule has 2 unspecified atom stereocenters. The lowest BCUT2D eigenvalue weighted by Gasteiger charge is -2.27. The molecule has 5 heteroatoms. The molecule has 2 atom stereocenters. The highest BCUT2D eigenvalue weighted by molar-refractivity contribution is 4.85. The Morgan fingerprint density at radius 1 is 1.41 bits per heavy atom. The van der Waals surface area contributed by atoms with Crippen molar-refractivity contribution in [2.75, 3.05) is 0 Å². The Balaban J connectivity index is 1.79. The molecule has 0 radical (unpaired) electrons. The second kappa shape index (κ2) is 6.12. The first-order valence-corrected chi connectivity index (χ1v) is 6.48. The summed E-state index contributed by atoms with van der Waals surface area (Å²) in [7, 11) is 0. The summed E-state index contributed by atoms with van der Waals surface area (Å²) in [5.74, 6) is 1.32. The molecule has 0 aliphatic heterocycles. The molecule has 1 saturated carbocycles. The Labute approximate surface area is 102 Å². The van der Waals surface area contributed by atoms with Gasteiger partial charge in [-0.2, -0.15) is 4.98 Å². The van der Waals surface area contributed by atoms with Gasteiger partial charge < -0.3 is 15.0 Å². The molecular weight excluding hydrogens is 218 g/mol. The number of aryl methyl sites for hydroxylation is 1. The van der Waals surface area contributed by atoms with Gasteiger partial charge in [0.1, 0.15) is 6.61 Å². The third-order valence-electron chi connectivity index (χ3n) is 3.16. The van der Waals surface area contributed by atoms with Crippen LogP contribution in [0.15, 0.2) is 4.52 Å². The molecule has 0 saturated heterocycles.